The summed E-state index contributed by atoms with van der Waals surface area (Å²) >= 11 is 0. The van der Waals surface area contributed by atoms with E-state index >= 15 is 0 Å². The van der Waals surface area contributed by atoms with Gasteiger partial charge in [0.25, 0.3) is 5.91 Å². The number of aryl methyl sites for hydroxylation is 1. The number of fused-ring (bicyclic) bond motifs is 1. The highest BCUT2D eigenvalue weighted by molar-refractivity contribution is 5.97. The number of esters is 1. The largest absolute Gasteiger partial charge is 0.423 e. The quantitative estimate of drug-likeness (QED) is 0.326. The maximum Gasteiger partial charge on any atom is 0.349 e. The van der Waals surface area contributed by atoms with Crippen LogP contribution in [0.5, 0.6) is 5.75 Å². The number of carbonyl (C=O) groups excluding carboxylic acids is 2. The molecule has 0 unspecified atom stereocenters. The molecule has 0 saturated heterocycles. The second kappa shape index (κ2) is 7.70. The first-order valence-electron chi connectivity index (χ1n) is 8.24. The van der Waals surface area contributed by atoms with Gasteiger partial charge in [-0.15, -0.1) is 6.58 Å². The molecule has 136 valence electrons. The van der Waals surface area contributed by atoms with E-state index in [1.807, 2.05) is 19.1 Å². The Labute approximate surface area is 155 Å². The third-order valence-corrected chi connectivity index (χ3v) is 3.86. The maximum absolute atomic E-state index is 12.2. The molecule has 0 fully saturated rings. The molecule has 3 rings (SSSR count). The van der Waals surface area contributed by atoms with Crippen molar-refractivity contribution in [2.75, 3.05) is 6.54 Å². The van der Waals surface area contributed by atoms with Crippen LogP contribution < -0.4 is 15.7 Å². The predicted octanol–water partition coefficient (Wildman–Crippen LogP) is 3.24. The van der Waals surface area contributed by atoms with Crippen LogP contribution in [0.3, 0.4) is 0 Å². The Morgan fingerprint density at radius 1 is 1.15 bits per heavy atom. The molecule has 27 heavy (non-hydrogen) atoms. The highest BCUT2D eigenvalue weighted by atomic mass is 16.5. The molecule has 6 heteroatoms. The predicted molar refractivity (Wildman–Crippen MR) is 101 cm³/mol. The summed E-state index contributed by atoms with van der Waals surface area (Å²) in [6.07, 6.45) is 1.51. The van der Waals surface area contributed by atoms with Crippen molar-refractivity contribution in [2.45, 2.75) is 6.92 Å². The number of nitrogens with one attached hydrogen (secondary N) is 1. The van der Waals surface area contributed by atoms with Crippen LogP contribution in [0.15, 0.2) is 70.4 Å². The van der Waals surface area contributed by atoms with Gasteiger partial charge in [0, 0.05) is 18.0 Å². The monoisotopic (exact) mass is 363 g/mol. The Morgan fingerprint density at radius 2 is 1.89 bits per heavy atom. The lowest BCUT2D eigenvalue weighted by molar-refractivity contribution is 0.0734. The topological polar surface area (TPSA) is 85.6 Å². The summed E-state index contributed by atoms with van der Waals surface area (Å²) in [6.45, 7) is 5.66. The Balaban J connectivity index is 1.86. The molecule has 0 atom stereocenters. The van der Waals surface area contributed by atoms with Crippen molar-refractivity contribution in [2.24, 2.45) is 0 Å². The smallest absolute Gasteiger partial charge is 0.349 e. The van der Waals surface area contributed by atoms with Crippen LogP contribution >= 0.6 is 0 Å². The third-order valence-electron chi connectivity index (χ3n) is 3.86. The Bertz CT molecular complexity index is 1080. The van der Waals surface area contributed by atoms with Crippen molar-refractivity contribution < 1.29 is 18.7 Å². The third kappa shape index (κ3) is 4.12. The minimum atomic E-state index is -0.772. The highest BCUT2D eigenvalue weighted by Crippen LogP contribution is 2.21. The zero-order chi connectivity index (χ0) is 19.4. The van der Waals surface area contributed by atoms with Crippen LogP contribution in [0.4, 0.5) is 0 Å². The number of benzene rings is 2. The Morgan fingerprint density at radius 3 is 2.59 bits per heavy atom. The zero-order valence-corrected chi connectivity index (χ0v) is 14.7. The van der Waals surface area contributed by atoms with Crippen molar-refractivity contribution in [3.8, 4) is 5.75 Å². The van der Waals surface area contributed by atoms with Crippen molar-refractivity contribution in [1.29, 1.82) is 0 Å². The van der Waals surface area contributed by atoms with Crippen molar-refractivity contribution in [3.05, 3.63) is 88.3 Å². The minimum absolute atomic E-state index is 0.103. The molecular weight excluding hydrogens is 346 g/mol. The summed E-state index contributed by atoms with van der Waals surface area (Å²) in [5.74, 6) is -0.822. The number of amides is 1. The van der Waals surface area contributed by atoms with Crippen molar-refractivity contribution in [1.82, 2.24) is 5.32 Å². The van der Waals surface area contributed by atoms with Gasteiger partial charge in [-0.3, -0.25) is 4.79 Å². The van der Waals surface area contributed by atoms with E-state index < -0.39 is 17.5 Å². The number of ether oxygens (including phenoxy) is 1. The molecule has 2 aromatic carbocycles. The molecule has 1 amide bonds. The van der Waals surface area contributed by atoms with Gasteiger partial charge in [-0.05, 0) is 37.3 Å². The molecule has 0 bridgehead atoms. The van der Waals surface area contributed by atoms with Crippen LogP contribution in [0, 0.1) is 6.92 Å². The van der Waals surface area contributed by atoms with Gasteiger partial charge in [0.15, 0.2) is 0 Å². The summed E-state index contributed by atoms with van der Waals surface area (Å²) in [6, 6.07) is 13.0. The van der Waals surface area contributed by atoms with Crippen LogP contribution in [0.2, 0.25) is 0 Å². The standard InChI is InChI=1S/C21H17NO5/c1-3-10-22-19(23)17-11-15-8-9-16(12-18(15)27-21(17)25)26-20(24)14-6-4-13(2)5-7-14/h3-9,11-12H,1,10H2,2H3,(H,22,23). The average molecular weight is 363 g/mol. The normalized spacial score (nSPS) is 10.4. The molecule has 0 saturated carbocycles. The zero-order valence-electron chi connectivity index (χ0n) is 14.7. The minimum Gasteiger partial charge on any atom is -0.423 e. The number of hydrogen-bond acceptors (Lipinski definition) is 5. The van der Waals surface area contributed by atoms with Gasteiger partial charge in [-0.25, -0.2) is 9.59 Å². The van der Waals surface area contributed by atoms with E-state index in [9.17, 15) is 14.4 Å². The first-order chi connectivity index (χ1) is 13.0. The van der Waals surface area contributed by atoms with Crippen molar-refractivity contribution >= 4 is 22.8 Å². The summed E-state index contributed by atoms with van der Waals surface area (Å²) in [5.41, 5.74) is 0.789. The van der Waals surface area contributed by atoms with E-state index in [1.54, 1.807) is 24.3 Å². The van der Waals surface area contributed by atoms with Crippen molar-refractivity contribution in [3.63, 3.8) is 0 Å². The van der Waals surface area contributed by atoms with Gasteiger partial charge in [0.1, 0.15) is 16.9 Å². The summed E-state index contributed by atoms with van der Waals surface area (Å²) in [4.78, 5) is 36.2. The SMILES string of the molecule is C=CCNC(=O)c1cc2ccc(OC(=O)c3ccc(C)cc3)cc2oc1=O. The first kappa shape index (κ1) is 18.1. The molecule has 0 spiro atoms. The van der Waals surface area contributed by atoms with E-state index in [-0.39, 0.29) is 23.4 Å². The lowest BCUT2D eigenvalue weighted by atomic mass is 10.1. The van der Waals surface area contributed by atoms with Crippen LogP contribution in [0.25, 0.3) is 11.0 Å². The summed E-state index contributed by atoms with van der Waals surface area (Å²) in [7, 11) is 0. The molecule has 1 aromatic heterocycles. The van der Waals surface area contributed by atoms with Crippen LogP contribution in [-0.2, 0) is 0 Å². The van der Waals surface area contributed by atoms with Gasteiger partial charge in [-0.1, -0.05) is 23.8 Å². The van der Waals surface area contributed by atoms with E-state index in [1.165, 1.54) is 18.2 Å². The molecular formula is C21H17NO5. The lowest BCUT2D eigenvalue weighted by Crippen LogP contribution is -2.28. The molecule has 3 aromatic rings. The fourth-order valence-corrected chi connectivity index (χ4v) is 2.43. The second-order valence-corrected chi connectivity index (χ2v) is 5.90. The van der Waals surface area contributed by atoms with Crippen LogP contribution in [0.1, 0.15) is 26.3 Å². The first-order valence-corrected chi connectivity index (χ1v) is 8.24. The average Bonchev–Trinajstić information content (AvgIpc) is 2.66. The lowest BCUT2D eigenvalue weighted by Gasteiger charge is -2.06. The maximum atomic E-state index is 12.2. The highest BCUT2D eigenvalue weighted by Gasteiger charge is 2.14. The second-order valence-electron chi connectivity index (χ2n) is 5.90. The molecule has 0 radical (unpaired) electrons. The van der Waals surface area contributed by atoms with Gasteiger partial charge >= 0.3 is 11.6 Å². The molecule has 0 aliphatic carbocycles. The molecule has 0 aliphatic rings. The molecule has 1 heterocycles. The van der Waals surface area contributed by atoms with E-state index in [2.05, 4.69) is 11.9 Å². The van der Waals surface area contributed by atoms with Gasteiger partial charge < -0.3 is 14.5 Å². The van der Waals surface area contributed by atoms with Gasteiger partial charge in [0.2, 0.25) is 0 Å². The Hall–Kier alpha value is -3.67. The fraction of sp³-hybridized carbons (Fsp3) is 0.0952. The number of rotatable bonds is 5. The summed E-state index contributed by atoms with van der Waals surface area (Å²) < 4.78 is 10.5. The summed E-state index contributed by atoms with van der Waals surface area (Å²) in [5, 5.41) is 3.06. The van der Waals surface area contributed by atoms with Gasteiger partial charge in [-0.2, -0.15) is 0 Å². The molecule has 6 nitrogen and oxygen atoms in total. The number of carbonyl (C=O) groups is 2. The number of hydrogen-bond donors (Lipinski definition) is 1. The van der Waals surface area contributed by atoms with Crippen LogP contribution in [-0.4, -0.2) is 18.4 Å². The van der Waals surface area contributed by atoms with Gasteiger partial charge in [0.05, 0.1) is 5.56 Å². The molecule has 0 aliphatic heterocycles. The molecule has 1 N–H and O–H groups in total. The van der Waals surface area contributed by atoms with E-state index in [0.29, 0.717) is 10.9 Å². The van der Waals surface area contributed by atoms with E-state index in [4.69, 9.17) is 9.15 Å². The van der Waals surface area contributed by atoms with E-state index in [0.717, 1.165) is 5.56 Å². The Kier molecular flexibility index (Phi) is 5.17. The fourth-order valence-electron chi connectivity index (χ4n) is 2.43.